The number of allylic oxidation sites excluding steroid dienone is 3. The fourth-order valence-corrected chi connectivity index (χ4v) is 4.61. The molecule has 1 aliphatic carbocycles. The monoisotopic (exact) mass is 430 g/mol. The molecule has 0 aromatic heterocycles. The third kappa shape index (κ3) is 8.41. The Balaban J connectivity index is 1.51. The van der Waals surface area contributed by atoms with Gasteiger partial charge < -0.3 is 13.9 Å². The van der Waals surface area contributed by atoms with E-state index in [2.05, 4.69) is 70.3 Å². The molecule has 0 unspecified atom stereocenters. The van der Waals surface area contributed by atoms with E-state index in [1.54, 1.807) is 7.11 Å². The molecule has 0 aliphatic heterocycles. The van der Waals surface area contributed by atoms with Crippen LogP contribution in [0.4, 0.5) is 0 Å². The zero-order valence-electron chi connectivity index (χ0n) is 19.9. The van der Waals surface area contributed by atoms with E-state index < -0.39 is 8.32 Å². The van der Waals surface area contributed by atoms with E-state index in [4.69, 9.17) is 13.9 Å². The van der Waals surface area contributed by atoms with Gasteiger partial charge in [0.2, 0.25) is 0 Å². The van der Waals surface area contributed by atoms with Crippen LogP contribution in [0, 0.1) is 5.92 Å². The van der Waals surface area contributed by atoms with Crippen LogP contribution < -0.4 is 4.74 Å². The van der Waals surface area contributed by atoms with E-state index in [-0.39, 0.29) is 5.04 Å². The first-order valence-corrected chi connectivity index (χ1v) is 14.3. The lowest BCUT2D eigenvalue weighted by molar-refractivity contribution is 0.117. The van der Waals surface area contributed by atoms with Crippen LogP contribution in [0.5, 0.6) is 5.75 Å². The van der Waals surface area contributed by atoms with Crippen LogP contribution in [-0.4, -0.2) is 28.1 Å². The Morgan fingerprint density at radius 3 is 2.43 bits per heavy atom. The summed E-state index contributed by atoms with van der Waals surface area (Å²) in [5.41, 5.74) is 1.19. The van der Waals surface area contributed by atoms with Gasteiger partial charge in [0, 0.05) is 6.61 Å². The Bertz CT molecular complexity index is 671. The molecule has 168 valence electrons. The summed E-state index contributed by atoms with van der Waals surface area (Å²) in [5, 5.41) is 0.275. The normalized spacial score (nSPS) is 19.7. The van der Waals surface area contributed by atoms with Crippen LogP contribution in [0.2, 0.25) is 18.1 Å². The summed E-state index contributed by atoms with van der Waals surface area (Å²) in [7, 11) is 0.0138. The highest BCUT2D eigenvalue weighted by atomic mass is 28.4. The molecule has 4 heteroatoms. The number of hydrogen-bond donors (Lipinski definition) is 0. The highest BCUT2D eigenvalue weighted by Crippen LogP contribution is 2.39. The van der Waals surface area contributed by atoms with Crippen LogP contribution in [0.25, 0.3) is 0 Å². The number of benzene rings is 1. The van der Waals surface area contributed by atoms with Gasteiger partial charge in [-0.1, -0.05) is 57.2 Å². The molecule has 0 spiro atoms. The zero-order valence-corrected chi connectivity index (χ0v) is 20.9. The highest BCUT2D eigenvalue weighted by Gasteiger charge is 2.39. The van der Waals surface area contributed by atoms with Crippen LogP contribution in [-0.2, 0) is 15.8 Å². The quantitative estimate of drug-likeness (QED) is 0.198. The fourth-order valence-electron chi connectivity index (χ4n) is 3.32. The zero-order chi connectivity index (χ0) is 22.0. The molecule has 2 atom stereocenters. The first-order chi connectivity index (χ1) is 14.2. The first kappa shape index (κ1) is 24.9. The van der Waals surface area contributed by atoms with Gasteiger partial charge >= 0.3 is 0 Å². The van der Waals surface area contributed by atoms with Crippen molar-refractivity contribution in [1.82, 2.24) is 0 Å². The topological polar surface area (TPSA) is 27.7 Å². The molecule has 0 saturated carbocycles. The fraction of sp³-hybridized carbons (Fsp3) is 0.615. The van der Waals surface area contributed by atoms with Crippen molar-refractivity contribution >= 4 is 8.32 Å². The van der Waals surface area contributed by atoms with Gasteiger partial charge in [0.25, 0.3) is 0 Å². The van der Waals surface area contributed by atoms with Crippen molar-refractivity contribution in [2.45, 2.75) is 83.7 Å². The third-order valence-corrected chi connectivity index (χ3v) is 10.8. The van der Waals surface area contributed by atoms with Crippen molar-refractivity contribution in [2.75, 3.05) is 13.7 Å². The second-order valence-corrected chi connectivity index (χ2v) is 14.7. The molecule has 0 fully saturated rings. The van der Waals surface area contributed by atoms with Crippen molar-refractivity contribution in [3.8, 4) is 5.75 Å². The van der Waals surface area contributed by atoms with Gasteiger partial charge in [-0.05, 0) is 73.9 Å². The lowest BCUT2D eigenvalue weighted by atomic mass is 10.0. The van der Waals surface area contributed by atoms with E-state index in [1.807, 2.05) is 12.1 Å². The van der Waals surface area contributed by atoms with Crippen LogP contribution >= 0.6 is 0 Å². The predicted molar refractivity (Wildman–Crippen MR) is 130 cm³/mol. The van der Waals surface area contributed by atoms with Crippen molar-refractivity contribution in [1.29, 1.82) is 0 Å². The average Bonchev–Trinajstić information content (AvgIpc) is 3.12. The molecule has 1 aromatic rings. The lowest BCUT2D eigenvalue weighted by Crippen LogP contribution is -2.43. The van der Waals surface area contributed by atoms with Gasteiger partial charge in [0.15, 0.2) is 8.32 Å². The molecule has 0 N–H and O–H groups in total. The molecule has 0 radical (unpaired) electrons. The SMILES string of the molecule is COc1ccc(COCCCC/C=C\C[C@H]2C=C[C@@H](O[Si](C)(C)C(C)(C)C)C2)cc1. The maximum absolute atomic E-state index is 6.53. The lowest BCUT2D eigenvalue weighted by Gasteiger charge is -2.38. The number of hydrogen-bond acceptors (Lipinski definition) is 3. The van der Waals surface area contributed by atoms with Gasteiger partial charge in [-0.2, -0.15) is 0 Å². The largest absolute Gasteiger partial charge is 0.497 e. The smallest absolute Gasteiger partial charge is 0.192 e. The standard InChI is InChI=1S/C26H42O3Si/c1-26(2,3)30(5,6)29-25-18-13-22(20-25)12-10-8-7-9-11-19-28-21-23-14-16-24(27-4)17-15-23/h8,10,13-18,22,25H,7,9,11-12,19-21H2,1-6H3/b10-8-/t22-,25+/m0/s1. The summed E-state index contributed by atoms with van der Waals surface area (Å²) in [6.07, 6.45) is 15.3. The Morgan fingerprint density at radius 2 is 1.77 bits per heavy atom. The summed E-state index contributed by atoms with van der Waals surface area (Å²) in [5.74, 6) is 1.51. The van der Waals surface area contributed by atoms with Crippen molar-refractivity contribution in [2.24, 2.45) is 5.92 Å². The molecule has 0 saturated heterocycles. The summed E-state index contributed by atoms with van der Waals surface area (Å²) in [6.45, 7) is 13.1. The Kier molecular flexibility index (Phi) is 9.86. The minimum atomic E-state index is -1.67. The van der Waals surface area contributed by atoms with Gasteiger partial charge in [0.1, 0.15) is 5.75 Å². The van der Waals surface area contributed by atoms with Crippen molar-refractivity contribution in [3.05, 3.63) is 54.1 Å². The van der Waals surface area contributed by atoms with Gasteiger partial charge in [0.05, 0.1) is 19.8 Å². The summed E-state index contributed by atoms with van der Waals surface area (Å²) >= 11 is 0. The Hall–Kier alpha value is -1.36. The second-order valence-electron chi connectivity index (χ2n) is 9.90. The number of rotatable bonds is 12. The molecular formula is C26H42O3Si. The minimum Gasteiger partial charge on any atom is -0.497 e. The average molecular weight is 431 g/mol. The first-order valence-electron chi connectivity index (χ1n) is 11.4. The van der Waals surface area contributed by atoms with E-state index in [0.717, 1.165) is 38.0 Å². The molecule has 1 aromatic carbocycles. The van der Waals surface area contributed by atoms with E-state index in [9.17, 15) is 0 Å². The van der Waals surface area contributed by atoms with E-state index in [1.165, 1.54) is 12.0 Å². The molecular weight excluding hydrogens is 388 g/mol. The molecule has 0 bridgehead atoms. The van der Waals surface area contributed by atoms with Crippen molar-refractivity contribution < 1.29 is 13.9 Å². The highest BCUT2D eigenvalue weighted by molar-refractivity contribution is 6.74. The van der Waals surface area contributed by atoms with Crippen LogP contribution in [0.15, 0.2) is 48.6 Å². The van der Waals surface area contributed by atoms with E-state index >= 15 is 0 Å². The van der Waals surface area contributed by atoms with Gasteiger partial charge in [-0.15, -0.1) is 0 Å². The van der Waals surface area contributed by atoms with Crippen LogP contribution in [0.1, 0.15) is 58.4 Å². The molecule has 3 nitrogen and oxygen atoms in total. The summed E-state index contributed by atoms with van der Waals surface area (Å²) in [4.78, 5) is 0. The summed E-state index contributed by atoms with van der Waals surface area (Å²) in [6, 6.07) is 8.07. The molecule has 0 amide bonds. The van der Waals surface area contributed by atoms with Crippen LogP contribution in [0.3, 0.4) is 0 Å². The number of methoxy groups -OCH3 is 1. The maximum atomic E-state index is 6.53. The molecule has 2 rings (SSSR count). The molecule has 1 aliphatic rings. The summed E-state index contributed by atoms with van der Waals surface area (Å²) < 4.78 is 17.5. The Morgan fingerprint density at radius 1 is 1.03 bits per heavy atom. The minimum absolute atomic E-state index is 0.275. The number of ether oxygens (including phenoxy) is 2. The second kappa shape index (κ2) is 11.9. The van der Waals surface area contributed by atoms with Crippen molar-refractivity contribution in [3.63, 3.8) is 0 Å². The molecule has 0 heterocycles. The molecule has 30 heavy (non-hydrogen) atoms. The maximum Gasteiger partial charge on any atom is 0.192 e. The third-order valence-electron chi connectivity index (χ3n) is 6.33. The van der Waals surface area contributed by atoms with Gasteiger partial charge in [-0.25, -0.2) is 0 Å². The van der Waals surface area contributed by atoms with E-state index in [0.29, 0.717) is 18.6 Å². The van der Waals surface area contributed by atoms with Gasteiger partial charge in [-0.3, -0.25) is 0 Å². The Labute approximate surface area is 185 Å². The predicted octanol–water partition coefficient (Wildman–Crippen LogP) is 7.29. The number of unbranched alkanes of at least 4 members (excludes halogenated alkanes) is 2.